The number of carbonyl (C=O) groups is 1. The molecule has 0 aromatic heterocycles. The van der Waals surface area contributed by atoms with Gasteiger partial charge >= 0.3 is 6.09 Å². The van der Waals surface area contributed by atoms with Gasteiger partial charge in [-0.15, -0.1) is 0 Å². The molecule has 2 aromatic carbocycles. The standard InChI is InChI=1S/C21H26FN3O3S/c1-21(18-11-5-6-12-19(18)22,16-29(27)23-13-7-8-14-24-29)25-20(26)28-15-17-9-3-2-4-10-17/h2-12,29H,13-16H2,1H3,(H,25,26)(H2,23,24,27)/t21-/m0/s1. The molecule has 0 radical (unpaired) electrons. The van der Waals surface area contributed by atoms with Crippen LogP contribution in [0.3, 0.4) is 0 Å². The third-order valence-electron chi connectivity index (χ3n) is 4.69. The minimum absolute atomic E-state index is 0.0248. The van der Waals surface area contributed by atoms with Gasteiger partial charge < -0.3 is 10.1 Å². The summed E-state index contributed by atoms with van der Waals surface area (Å²) in [5.41, 5.74) is -0.173. The first-order valence-corrected chi connectivity index (χ1v) is 11.3. The highest BCUT2D eigenvalue weighted by atomic mass is 32.3. The van der Waals surface area contributed by atoms with E-state index in [-0.39, 0.29) is 17.9 Å². The number of hydrogen-bond acceptors (Lipinski definition) is 3. The van der Waals surface area contributed by atoms with Crippen molar-refractivity contribution in [1.29, 1.82) is 0 Å². The van der Waals surface area contributed by atoms with Crippen LogP contribution in [0.2, 0.25) is 0 Å². The normalized spacial score (nSPS) is 18.8. The summed E-state index contributed by atoms with van der Waals surface area (Å²) >= 11 is 0. The van der Waals surface area contributed by atoms with Crippen molar-refractivity contribution in [3.8, 4) is 0 Å². The first kappa shape index (κ1) is 21.2. The summed E-state index contributed by atoms with van der Waals surface area (Å²) in [5.74, 6) is -0.513. The zero-order chi connectivity index (χ0) is 20.7. The summed E-state index contributed by atoms with van der Waals surface area (Å²) < 4.78 is 39.2. The first-order valence-electron chi connectivity index (χ1n) is 9.38. The van der Waals surface area contributed by atoms with Gasteiger partial charge in [0.15, 0.2) is 0 Å². The summed E-state index contributed by atoms with van der Waals surface area (Å²) in [6, 6.07) is 15.4. The average Bonchev–Trinajstić information content (AvgIpc) is 2.91. The van der Waals surface area contributed by atoms with E-state index in [1.54, 1.807) is 25.1 Å². The van der Waals surface area contributed by atoms with Crippen LogP contribution in [0.1, 0.15) is 18.1 Å². The van der Waals surface area contributed by atoms with Crippen LogP contribution in [0, 0.1) is 5.82 Å². The third-order valence-corrected chi connectivity index (χ3v) is 7.16. The molecule has 8 heteroatoms. The summed E-state index contributed by atoms with van der Waals surface area (Å²) in [5, 5.41) is 2.74. The number of thiol groups is 1. The number of halogens is 1. The molecule has 1 aliphatic rings. The zero-order valence-electron chi connectivity index (χ0n) is 16.2. The highest BCUT2D eigenvalue weighted by Gasteiger charge is 2.37. The molecule has 0 saturated heterocycles. The Hall–Kier alpha value is -2.55. The molecule has 6 nitrogen and oxygen atoms in total. The fraction of sp³-hybridized carbons (Fsp3) is 0.286. The number of nitrogens with one attached hydrogen (secondary N) is 3. The van der Waals surface area contributed by atoms with Crippen LogP contribution in [0.4, 0.5) is 9.18 Å². The monoisotopic (exact) mass is 419 g/mol. The van der Waals surface area contributed by atoms with E-state index in [1.165, 1.54) is 6.07 Å². The van der Waals surface area contributed by atoms with E-state index in [2.05, 4.69) is 14.8 Å². The average molecular weight is 420 g/mol. The van der Waals surface area contributed by atoms with Crippen LogP contribution < -0.4 is 14.8 Å². The molecule has 3 rings (SSSR count). The minimum atomic E-state index is -3.10. The molecule has 1 amide bonds. The first-order chi connectivity index (χ1) is 13.9. The Morgan fingerprint density at radius 2 is 1.72 bits per heavy atom. The zero-order valence-corrected chi connectivity index (χ0v) is 17.1. The largest absolute Gasteiger partial charge is 0.445 e. The van der Waals surface area contributed by atoms with E-state index >= 15 is 0 Å². The molecule has 0 unspecified atom stereocenters. The minimum Gasteiger partial charge on any atom is -0.445 e. The van der Waals surface area contributed by atoms with Crippen molar-refractivity contribution in [2.24, 2.45) is 0 Å². The Morgan fingerprint density at radius 1 is 1.10 bits per heavy atom. The maximum absolute atomic E-state index is 14.6. The lowest BCUT2D eigenvalue weighted by atomic mass is 9.94. The molecule has 2 aromatic rings. The van der Waals surface area contributed by atoms with Gasteiger partial charge in [0.2, 0.25) is 0 Å². The summed E-state index contributed by atoms with van der Waals surface area (Å²) in [7, 11) is -3.10. The van der Waals surface area contributed by atoms with Crippen LogP contribution in [0.15, 0.2) is 66.7 Å². The Morgan fingerprint density at radius 3 is 2.38 bits per heavy atom. The van der Waals surface area contributed by atoms with E-state index in [0.717, 1.165) is 5.56 Å². The fourth-order valence-corrected chi connectivity index (χ4v) is 5.54. The highest BCUT2D eigenvalue weighted by Crippen LogP contribution is 2.27. The van der Waals surface area contributed by atoms with Crippen molar-refractivity contribution in [2.75, 3.05) is 18.8 Å². The number of amides is 1. The number of benzene rings is 2. The van der Waals surface area contributed by atoms with E-state index in [4.69, 9.17) is 4.74 Å². The summed E-state index contributed by atoms with van der Waals surface area (Å²) in [4.78, 5) is 12.5. The van der Waals surface area contributed by atoms with Gasteiger partial charge in [0.05, 0.1) is 11.3 Å². The van der Waals surface area contributed by atoms with Crippen LogP contribution in [0.25, 0.3) is 0 Å². The molecule has 3 N–H and O–H groups in total. The molecule has 0 saturated carbocycles. The van der Waals surface area contributed by atoms with Gasteiger partial charge in [0.1, 0.15) is 12.4 Å². The number of alkyl carbamates (subject to hydrolysis) is 1. The Balaban J connectivity index is 1.80. The molecule has 1 aliphatic heterocycles. The van der Waals surface area contributed by atoms with Gasteiger partial charge in [0.25, 0.3) is 0 Å². The van der Waals surface area contributed by atoms with Gasteiger partial charge in [-0.05, 0) is 28.9 Å². The maximum atomic E-state index is 14.6. The molecule has 0 aliphatic carbocycles. The Labute approximate surface area is 171 Å². The number of ether oxygens (including phenoxy) is 1. The van der Waals surface area contributed by atoms with Crippen molar-refractivity contribution in [3.05, 3.63) is 83.7 Å². The van der Waals surface area contributed by atoms with E-state index < -0.39 is 27.8 Å². The van der Waals surface area contributed by atoms with Crippen LogP contribution in [-0.4, -0.2) is 29.1 Å². The Bertz CT molecular complexity index is 908. The van der Waals surface area contributed by atoms with Crippen molar-refractivity contribution in [2.45, 2.75) is 19.1 Å². The smallest absolute Gasteiger partial charge is 0.408 e. The molecule has 156 valence electrons. The number of hydrogen-bond donors (Lipinski definition) is 4. The summed E-state index contributed by atoms with van der Waals surface area (Å²) in [6.07, 6.45) is 3.03. The SMILES string of the molecule is C[C@@](C[SH]1(=O)NCC=CCN1)(NC(=O)OCc1ccccc1)c1ccccc1F. The number of rotatable bonds is 6. The fourth-order valence-electron chi connectivity index (χ4n) is 3.27. The molecule has 0 spiro atoms. The highest BCUT2D eigenvalue weighted by molar-refractivity contribution is 7.99. The topological polar surface area (TPSA) is 79.5 Å². The van der Waals surface area contributed by atoms with E-state index in [9.17, 15) is 13.4 Å². The van der Waals surface area contributed by atoms with Gasteiger partial charge in [-0.3, -0.25) is 4.21 Å². The van der Waals surface area contributed by atoms with Crippen molar-refractivity contribution < 1.29 is 18.1 Å². The van der Waals surface area contributed by atoms with Crippen molar-refractivity contribution in [3.63, 3.8) is 0 Å². The maximum Gasteiger partial charge on any atom is 0.408 e. The second-order valence-corrected chi connectivity index (χ2v) is 9.52. The second-order valence-electron chi connectivity index (χ2n) is 7.09. The predicted octanol–water partition coefficient (Wildman–Crippen LogP) is 2.56. The molecule has 0 bridgehead atoms. The second kappa shape index (κ2) is 9.30. The van der Waals surface area contributed by atoms with Gasteiger partial charge in [-0.1, -0.05) is 60.7 Å². The van der Waals surface area contributed by atoms with Gasteiger partial charge in [-0.2, -0.15) is 0 Å². The summed E-state index contributed by atoms with van der Waals surface area (Å²) in [6.45, 7) is 2.58. The van der Waals surface area contributed by atoms with Gasteiger partial charge in [-0.25, -0.2) is 18.6 Å². The molecule has 1 atom stereocenters. The van der Waals surface area contributed by atoms with Crippen molar-refractivity contribution in [1.82, 2.24) is 14.8 Å². The molecular formula is C21H26FN3O3S. The van der Waals surface area contributed by atoms with Crippen LogP contribution in [-0.2, 0) is 27.2 Å². The molecular weight excluding hydrogens is 393 g/mol. The van der Waals surface area contributed by atoms with Crippen molar-refractivity contribution >= 4 is 16.4 Å². The predicted molar refractivity (Wildman–Crippen MR) is 113 cm³/mol. The number of carbonyl (C=O) groups excluding carboxylic acids is 1. The van der Waals surface area contributed by atoms with E-state index in [0.29, 0.717) is 13.1 Å². The lowest BCUT2D eigenvalue weighted by molar-refractivity contribution is 0.129. The third kappa shape index (κ3) is 5.72. The molecule has 29 heavy (non-hydrogen) atoms. The Kier molecular flexibility index (Phi) is 6.79. The molecule has 0 fully saturated rings. The van der Waals surface area contributed by atoms with Crippen LogP contribution >= 0.6 is 0 Å². The van der Waals surface area contributed by atoms with Crippen LogP contribution in [0.5, 0.6) is 0 Å². The van der Waals surface area contributed by atoms with E-state index in [1.807, 2.05) is 42.5 Å². The molecule has 1 heterocycles. The lowest BCUT2D eigenvalue weighted by Gasteiger charge is -2.37. The lowest BCUT2D eigenvalue weighted by Crippen LogP contribution is -2.56. The quantitative estimate of drug-likeness (QED) is 0.429. The van der Waals surface area contributed by atoms with Gasteiger partial charge in [0, 0.05) is 18.7 Å².